The van der Waals surface area contributed by atoms with E-state index in [1.165, 1.54) is 65.1 Å². The van der Waals surface area contributed by atoms with Crippen molar-refractivity contribution < 1.29 is 87.8 Å². The van der Waals surface area contributed by atoms with Crippen molar-refractivity contribution >= 4 is 93.7 Å². The highest BCUT2D eigenvalue weighted by Crippen LogP contribution is 2.36. The second-order valence-corrected chi connectivity index (χ2v) is 21.4. The van der Waals surface area contributed by atoms with E-state index in [1.54, 1.807) is 11.6 Å². The van der Waals surface area contributed by atoms with Crippen LogP contribution >= 0.6 is 53.8 Å². The van der Waals surface area contributed by atoms with Crippen molar-refractivity contribution in [1.29, 1.82) is 0 Å². The molecular weight excluding hydrogens is 1190 g/mol. The Morgan fingerprint density at radius 1 is 0.936 bits per heavy atom. The highest BCUT2D eigenvalue weighted by molar-refractivity contribution is 7.90. The number of carboxylic acid groups (broad SMARTS) is 2. The number of aromatic carboxylic acids is 1. The molecule has 2 aromatic heterocycles. The molecule has 5 aromatic rings. The Balaban J connectivity index is 0.000000381. The number of carboxylic acids is 2. The zero-order valence-corrected chi connectivity index (χ0v) is 46.1. The minimum absolute atomic E-state index is 0.0412. The number of carbonyl (C=O) groups excluding carboxylic acids is 2. The molecule has 0 aliphatic rings. The van der Waals surface area contributed by atoms with E-state index in [0.717, 1.165) is 18.2 Å². The fourth-order valence-corrected chi connectivity index (χ4v) is 8.71. The van der Waals surface area contributed by atoms with Crippen LogP contribution in [0.3, 0.4) is 0 Å². The first-order valence-electron chi connectivity index (χ1n) is 21.6. The summed E-state index contributed by atoms with van der Waals surface area (Å²) in [6, 6.07) is 7.70. The molecule has 0 saturated carbocycles. The maximum Gasteiger partial charge on any atom is 0.389 e. The third-order valence-corrected chi connectivity index (χ3v) is 13.2. The Hall–Kier alpha value is -6.27. The molecule has 3 unspecified atom stereocenters. The molecule has 0 bridgehead atoms. The molecule has 35 heteroatoms. The van der Waals surface area contributed by atoms with Gasteiger partial charge in [-0.15, -0.1) is 16.7 Å². The molecule has 0 spiro atoms. The highest BCUT2D eigenvalue weighted by Gasteiger charge is 2.30. The summed E-state index contributed by atoms with van der Waals surface area (Å²) in [7, 11) is -4.91. The molecule has 0 fully saturated rings. The molecular formula is C43H48Cl4F6N9O14PS. The number of rotatable bonds is 18. The molecule has 5 rings (SSSR count). The summed E-state index contributed by atoms with van der Waals surface area (Å²) < 4.78 is 130. The zero-order valence-electron chi connectivity index (χ0n) is 41.3. The van der Waals surface area contributed by atoms with Crippen molar-refractivity contribution in [3.63, 3.8) is 0 Å². The molecule has 430 valence electrons. The minimum atomic E-state index is -4.45. The van der Waals surface area contributed by atoms with Gasteiger partial charge in [0, 0.05) is 30.7 Å². The summed E-state index contributed by atoms with van der Waals surface area (Å²) >= 11 is 23.3. The molecule has 0 aliphatic heterocycles. The van der Waals surface area contributed by atoms with E-state index in [2.05, 4.69) is 25.4 Å². The third-order valence-electron chi connectivity index (χ3n) is 9.41. The van der Waals surface area contributed by atoms with Gasteiger partial charge in [0.2, 0.25) is 5.95 Å². The maximum atomic E-state index is 14.2. The molecule has 0 saturated heterocycles. The number of nitrogens with two attached hydrogens (primary N) is 1. The van der Waals surface area contributed by atoms with Crippen LogP contribution in [0, 0.1) is 19.7 Å². The van der Waals surface area contributed by atoms with Crippen LogP contribution in [0.15, 0.2) is 58.2 Å². The number of nitrogens with one attached hydrogen (secondary N) is 2. The van der Waals surface area contributed by atoms with Crippen molar-refractivity contribution in [2.45, 2.75) is 75.5 Å². The fourth-order valence-electron chi connectivity index (χ4n) is 5.86. The molecule has 2 heterocycles. The standard InChI is InChI=1S/C15H14Cl2F3N3O3.C15H16F3N5O4S.C8H6Cl2O3.C5H12NO4P/c1-3-26-13(24)10(17)4-8-5-12(11(18)6-9(8)16)23-15(25)22(14(19)20)7(2)21-23;1-9-19-12(22-14(20-9)27-2)21-13(24)23-28(25,26)11-6-4-3-5-10(11)7-8-15(16,17)18;1-13-7-5(10)3-2-4(9)6(7)8(11)12;1-11(9,10)3-2-4(6)5(7)8/h5-6,10,14H,3-4H2,1-2H3;3-6H,7-8H2,1-2H3,(H2,19,20,21,22,23,24);2-3H,1H3,(H,11,12);4H,2-3,6H2,1H3,(H,7,8)(H,9,10). The molecule has 0 radical (unpaired) electrons. The Labute approximate surface area is 459 Å². The number of nitrogens with zero attached hydrogens (tertiary/aromatic N) is 6. The van der Waals surface area contributed by atoms with Gasteiger partial charge in [0.15, 0.2) is 18.9 Å². The number of esters is 1. The van der Waals surface area contributed by atoms with Crippen molar-refractivity contribution in [3.8, 4) is 17.4 Å². The summed E-state index contributed by atoms with van der Waals surface area (Å²) in [5.74, 6) is -4.19. The predicted molar refractivity (Wildman–Crippen MR) is 271 cm³/mol. The van der Waals surface area contributed by atoms with Gasteiger partial charge in [0.05, 0.1) is 35.8 Å². The summed E-state index contributed by atoms with van der Waals surface area (Å²) in [6.07, 6.45) is -6.31. The number of hydrogen-bond donors (Lipinski definition) is 6. The molecule has 3 atom stereocenters. The summed E-state index contributed by atoms with van der Waals surface area (Å²) in [4.78, 5) is 76.2. The number of amides is 2. The van der Waals surface area contributed by atoms with Crippen LogP contribution in [-0.4, -0.2) is 128 Å². The van der Waals surface area contributed by atoms with E-state index in [1.807, 2.05) is 0 Å². The van der Waals surface area contributed by atoms with Gasteiger partial charge in [0.1, 0.15) is 34.3 Å². The number of aryl methyl sites for hydroxylation is 3. The van der Waals surface area contributed by atoms with E-state index in [9.17, 15) is 63.3 Å². The van der Waals surface area contributed by atoms with Gasteiger partial charge >= 0.3 is 48.4 Å². The zero-order chi connectivity index (χ0) is 59.6. The van der Waals surface area contributed by atoms with Crippen LogP contribution < -0.4 is 30.9 Å². The maximum absolute atomic E-state index is 14.2. The number of alkyl halides is 6. The van der Waals surface area contributed by atoms with E-state index in [4.69, 9.17) is 81.5 Å². The largest absolute Gasteiger partial charge is 0.494 e. The Bertz CT molecular complexity index is 3160. The number of methoxy groups -OCH3 is 2. The molecule has 0 aliphatic carbocycles. The van der Waals surface area contributed by atoms with Crippen LogP contribution in [0.25, 0.3) is 5.69 Å². The SMILES string of the molecule is CCOC(=O)C(Cl)Cc1cc(-n2nc(C)n(C(F)F)c2=O)c(F)cc1Cl.COc1c(Cl)ccc(Cl)c1C(=O)O.COc1nc(C)nc(NC(=O)NS(=O)(=O)c2ccccc2CCC(F)(F)F)n1.CP(=O)(O)CCC(N)C(=O)O. The number of carbonyl (C=O) groups is 4. The monoisotopic (exact) mass is 1230 g/mol. The lowest BCUT2D eigenvalue weighted by Crippen LogP contribution is -2.35. The second kappa shape index (κ2) is 30.2. The number of ether oxygens (including phenoxy) is 3. The molecule has 3 aromatic carbocycles. The van der Waals surface area contributed by atoms with Gasteiger partial charge in [-0.1, -0.05) is 53.0 Å². The van der Waals surface area contributed by atoms with E-state index in [0.29, 0.717) is 4.68 Å². The van der Waals surface area contributed by atoms with Crippen LogP contribution in [0.2, 0.25) is 15.1 Å². The van der Waals surface area contributed by atoms with E-state index < -0.39 is 94.7 Å². The Morgan fingerprint density at radius 2 is 1.55 bits per heavy atom. The first-order valence-corrected chi connectivity index (χ1v) is 27.0. The quantitative estimate of drug-likeness (QED) is 0.0211. The summed E-state index contributed by atoms with van der Waals surface area (Å²) in [6.45, 7) is 2.49. The normalized spacial score (nSPS) is 12.7. The average Bonchev–Trinajstić information content (AvgIpc) is 3.63. The first-order chi connectivity index (χ1) is 36.1. The number of sulfonamides is 1. The van der Waals surface area contributed by atoms with Gasteiger partial charge in [-0.05, 0) is 75.1 Å². The van der Waals surface area contributed by atoms with Crippen molar-refractivity contribution in [1.82, 2.24) is 34.0 Å². The molecule has 2 amide bonds. The highest BCUT2D eigenvalue weighted by atomic mass is 35.5. The van der Waals surface area contributed by atoms with Gasteiger partial charge in [-0.25, -0.2) is 36.5 Å². The number of benzene rings is 3. The number of halogens is 10. The summed E-state index contributed by atoms with van der Waals surface area (Å²) in [5.41, 5.74) is 3.54. The van der Waals surface area contributed by atoms with Gasteiger partial charge in [-0.3, -0.25) is 19.5 Å². The molecule has 23 nitrogen and oxygen atoms in total. The average molecular weight is 1230 g/mol. The molecule has 78 heavy (non-hydrogen) atoms. The number of urea groups is 1. The lowest BCUT2D eigenvalue weighted by molar-refractivity contribution is -0.142. The van der Waals surface area contributed by atoms with Gasteiger partial charge in [0.25, 0.3) is 10.0 Å². The van der Waals surface area contributed by atoms with E-state index in [-0.39, 0.29) is 97.0 Å². The van der Waals surface area contributed by atoms with Gasteiger partial charge in [-0.2, -0.15) is 41.6 Å². The Morgan fingerprint density at radius 3 is 2.06 bits per heavy atom. The number of anilines is 1. The fraction of sp³-hybridized carbons (Fsp3) is 0.372. The van der Waals surface area contributed by atoms with Crippen LogP contribution in [0.1, 0.15) is 59.4 Å². The van der Waals surface area contributed by atoms with Crippen LogP contribution in [0.4, 0.5) is 37.1 Å². The molecule has 7 N–H and O–H groups in total. The number of aliphatic carboxylic acids is 1. The first kappa shape index (κ1) is 67.8. The van der Waals surface area contributed by atoms with Crippen molar-refractivity contribution in [3.05, 3.63) is 108 Å². The van der Waals surface area contributed by atoms with E-state index >= 15 is 0 Å². The lowest BCUT2D eigenvalue weighted by atomic mass is 10.1. The predicted octanol–water partition coefficient (Wildman–Crippen LogP) is 7.83. The summed E-state index contributed by atoms with van der Waals surface area (Å²) in [5, 5.41) is 22.0. The van der Waals surface area contributed by atoms with Crippen LogP contribution in [-0.2, 0) is 41.8 Å². The number of aromatic nitrogens is 6. The van der Waals surface area contributed by atoms with Crippen molar-refractivity contribution in [2.24, 2.45) is 5.73 Å². The number of hydrogen-bond acceptors (Lipinski definition) is 16. The van der Waals surface area contributed by atoms with Gasteiger partial charge < -0.3 is 35.1 Å². The van der Waals surface area contributed by atoms with Crippen LogP contribution in [0.5, 0.6) is 11.8 Å². The lowest BCUT2D eigenvalue weighted by Gasteiger charge is -2.13. The Kier molecular flexibility index (Phi) is 26.3. The topological polar surface area (TPSA) is 336 Å². The second-order valence-electron chi connectivity index (χ2n) is 15.4. The third kappa shape index (κ3) is 21.5. The smallest absolute Gasteiger partial charge is 0.389 e. The minimum Gasteiger partial charge on any atom is -0.494 e. The van der Waals surface area contributed by atoms with Crippen molar-refractivity contribution in [2.75, 3.05) is 39.0 Å².